The number of pyridine rings is 1. The normalized spacial score (nSPS) is 14.1. The number of nitrogens with zero attached hydrogens (tertiary/aromatic N) is 4. The van der Waals surface area contributed by atoms with Crippen LogP contribution in [0.5, 0.6) is 5.75 Å². The van der Waals surface area contributed by atoms with E-state index in [2.05, 4.69) is 10.4 Å². The maximum atomic E-state index is 13.0. The van der Waals surface area contributed by atoms with Crippen LogP contribution in [0.25, 0.3) is 16.6 Å². The zero-order valence-corrected chi connectivity index (χ0v) is 17.2. The summed E-state index contributed by atoms with van der Waals surface area (Å²) < 4.78 is 7.97. The van der Waals surface area contributed by atoms with Crippen molar-refractivity contribution in [2.24, 2.45) is 0 Å². The summed E-state index contributed by atoms with van der Waals surface area (Å²) in [6.45, 7) is 3.61. The third-order valence-corrected chi connectivity index (χ3v) is 5.43. The summed E-state index contributed by atoms with van der Waals surface area (Å²) in [6, 6.07) is 7.48. The molecule has 3 aromatic rings. The van der Waals surface area contributed by atoms with Crippen molar-refractivity contribution in [2.75, 3.05) is 26.7 Å². The van der Waals surface area contributed by atoms with E-state index in [1.54, 1.807) is 13.2 Å². The number of hydrogen-bond acceptors (Lipinski definition) is 5. The second kappa shape index (κ2) is 8.17. The minimum atomic E-state index is -0.371. The van der Waals surface area contributed by atoms with Gasteiger partial charge >= 0.3 is 5.69 Å². The van der Waals surface area contributed by atoms with Crippen molar-refractivity contribution in [3.05, 3.63) is 40.3 Å². The molecule has 0 spiro atoms. The molecule has 0 saturated carbocycles. The van der Waals surface area contributed by atoms with Gasteiger partial charge in [-0.05, 0) is 48.9 Å². The van der Waals surface area contributed by atoms with Crippen molar-refractivity contribution in [1.82, 2.24) is 24.4 Å². The van der Waals surface area contributed by atoms with E-state index in [9.17, 15) is 14.4 Å². The highest BCUT2D eigenvalue weighted by Crippen LogP contribution is 2.23. The van der Waals surface area contributed by atoms with Crippen molar-refractivity contribution in [3.63, 3.8) is 0 Å². The van der Waals surface area contributed by atoms with Gasteiger partial charge in [-0.15, -0.1) is 5.10 Å². The molecule has 1 aromatic carbocycles. The van der Waals surface area contributed by atoms with Crippen LogP contribution in [0.2, 0.25) is 0 Å². The minimum absolute atomic E-state index is 0.159. The van der Waals surface area contributed by atoms with Crippen molar-refractivity contribution >= 4 is 28.4 Å². The zero-order valence-electron chi connectivity index (χ0n) is 17.2. The molecule has 2 aromatic heterocycles. The van der Waals surface area contributed by atoms with Gasteiger partial charge in [0.2, 0.25) is 11.8 Å². The second-order valence-corrected chi connectivity index (χ2v) is 7.54. The van der Waals surface area contributed by atoms with E-state index in [0.29, 0.717) is 42.8 Å². The highest BCUT2D eigenvalue weighted by molar-refractivity contribution is 5.84. The molecule has 1 aliphatic rings. The van der Waals surface area contributed by atoms with Gasteiger partial charge in [0.15, 0.2) is 5.65 Å². The second-order valence-electron chi connectivity index (χ2n) is 7.54. The Morgan fingerprint density at radius 1 is 1.27 bits per heavy atom. The largest absolute Gasteiger partial charge is 0.497 e. The number of amides is 2. The molecular weight excluding hydrogens is 386 g/mol. The van der Waals surface area contributed by atoms with Crippen LogP contribution in [-0.4, -0.2) is 57.6 Å². The maximum Gasteiger partial charge on any atom is 0.351 e. The van der Waals surface area contributed by atoms with Crippen LogP contribution < -0.4 is 15.7 Å². The lowest BCUT2D eigenvalue weighted by molar-refractivity contribution is -0.127. The van der Waals surface area contributed by atoms with Crippen LogP contribution in [0.4, 0.5) is 0 Å². The van der Waals surface area contributed by atoms with Gasteiger partial charge in [-0.1, -0.05) is 0 Å². The maximum absolute atomic E-state index is 13.0. The molecule has 3 heterocycles. The first-order valence-corrected chi connectivity index (χ1v) is 10.1. The van der Waals surface area contributed by atoms with Gasteiger partial charge in [-0.25, -0.2) is 13.9 Å². The Labute approximate surface area is 173 Å². The number of carbonyl (C=O) groups excluding carboxylic acids is 2. The molecule has 1 aliphatic heterocycles. The van der Waals surface area contributed by atoms with Crippen LogP contribution in [0, 0.1) is 6.92 Å². The Balaban J connectivity index is 1.49. The van der Waals surface area contributed by atoms with Crippen LogP contribution >= 0.6 is 0 Å². The Bertz CT molecular complexity index is 1180. The summed E-state index contributed by atoms with van der Waals surface area (Å²) >= 11 is 0. The molecule has 0 unspecified atom stereocenters. The van der Waals surface area contributed by atoms with Gasteiger partial charge in [0.25, 0.3) is 0 Å². The molecule has 2 amide bonds. The lowest BCUT2D eigenvalue weighted by Gasteiger charge is -2.15. The number of nitrogens with one attached hydrogen (secondary N) is 1. The molecule has 9 heteroatoms. The number of likely N-dealkylation sites (tertiary alicyclic amines) is 1. The molecule has 158 valence electrons. The first-order valence-electron chi connectivity index (χ1n) is 10.1. The average Bonchev–Trinajstić information content (AvgIpc) is 3.29. The number of benzene rings is 1. The van der Waals surface area contributed by atoms with Crippen LogP contribution in [0.3, 0.4) is 0 Å². The summed E-state index contributed by atoms with van der Waals surface area (Å²) in [7, 11) is 1.57. The number of aryl methyl sites for hydroxylation is 1. The molecule has 1 saturated heterocycles. The summed E-state index contributed by atoms with van der Waals surface area (Å²) in [5.74, 6) is 0.533. The van der Waals surface area contributed by atoms with Crippen molar-refractivity contribution in [2.45, 2.75) is 32.7 Å². The van der Waals surface area contributed by atoms with E-state index in [0.717, 1.165) is 23.9 Å². The van der Waals surface area contributed by atoms with Crippen molar-refractivity contribution < 1.29 is 14.3 Å². The predicted octanol–water partition coefficient (Wildman–Crippen LogP) is 1.09. The molecular formula is C21H25N5O4. The number of rotatable bonds is 7. The number of hydrogen-bond donors (Lipinski definition) is 1. The molecule has 1 fully saturated rings. The Morgan fingerprint density at radius 2 is 2.10 bits per heavy atom. The van der Waals surface area contributed by atoms with Gasteiger partial charge in [0.1, 0.15) is 12.3 Å². The molecule has 0 bridgehead atoms. The van der Waals surface area contributed by atoms with E-state index in [1.165, 1.54) is 9.08 Å². The van der Waals surface area contributed by atoms with Crippen LogP contribution in [0.1, 0.15) is 24.8 Å². The van der Waals surface area contributed by atoms with Crippen molar-refractivity contribution in [1.29, 1.82) is 0 Å². The Hall–Kier alpha value is -3.36. The molecule has 0 aliphatic carbocycles. The fraction of sp³-hybridized carbons (Fsp3) is 0.429. The molecule has 4 rings (SSSR count). The van der Waals surface area contributed by atoms with E-state index >= 15 is 0 Å². The SMILES string of the molecule is COc1ccc2cc(C)c3nn(CC(=O)NCCCN4CCCC4=O)c(=O)n3c2c1. The summed E-state index contributed by atoms with van der Waals surface area (Å²) in [6.07, 6.45) is 2.20. The van der Waals surface area contributed by atoms with Crippen LogP contribution in [-0.2, 0) is 16.1 Å². The highest BCUT2D eigenvalue weighted by Gasteiger charge is 2.19. The van der Waals surface area contributed by atoms with Crippen molar-refractivity contribution in [3.8, 4) is 5.75 Å². The van der Waals surface area contributed by atoms with Gasteiger partial charge < -0.3 is 15.0 Å². The minimum Gasteiger partial charge on any atom is -0.497 e. The number of aromatic nitrogens is 3. The highest BCUT2D eigenvalue weighted by atomic mass is 16.5. The molecule has 0 atom stereocenters. The van der Waals surface area contributed by atoms with Gasteiger partial charge in [-0.2, -0.15) is 0 Å². The van der Waals surface area contributed by atoms with Gasteiger partial charge in [-0.3, -0.25) is 9.59 Å². The first kappa shape index (κ1) is 19.9. The number of carbonyl (C=O) groups is 2. The van der Waals surface area contributed by atoms with Gasteiger partial charge in [0, 0.05) is 32.1 Å². The monoisotopic (exact) mass is 411 g/mol. The zero-order chi connectivity index (χ0) is 21.3. The van der Waals surface area contributed by atoms with E-state index in [1.807, 2.05) is 30.0 Å². The first-order chi connectivity index (χ1) is 14.5. The van der Waals surface area contributed by atoms with Gasteiger partial charge in [0.05, 0.1) is 12.6 Å². The standard InChI is InChI=1S/C21H25N5O4/c1-14-11-15-6-7-16(30-2)12-17(15)26-20(14)23-25(21(26)29)13-18(27)22-8-4-10-24-9-3-5-19(24)28/h6-7,11-12H,3-5,8-10,13H2,1-2H3,(H,22,27). The van der Waals surface area contributed by atoms with Crippen LogP contribution in [0.15, 0.2) is 29.1 Å². The number of fused-ring (bicyclic) bond motifs is 3. The lowest BCUT2D eigenvalue weighted by atomic mass is 10.1. The lowest BCUT2D eigenvalue weighted by Crippen LogP contribution is -2.35. The Morgan fingerprint density at radius 3 is 2.83 bits per heavy atom. The number of methoxy groups -OCH3 is 1. The quantitative estimate of drug-likeness (QED) is 0.587. The fourth-order valence-electron chi connectivity index (χ4n) is 3.88. The Kier molecular flexibility index (Phi) is 5.43. The van der Waals surface area contributed by atoms with E-state index in [-0.39, 0.29) is 24.0 Å². The molecule has 30 heavy (non-hydrogen) atoms. The average molecular weight is 411 g/mol. The molecule has 0 radical (unpaired) electrons. The predicted molar refractivity (Wildman–Crippen MR) is 112 cm³/mol. The summed E-state index contributed by atoms with van der Waals surface area (Å²) in [5.41, 5.74) is 1.67. The number of ether oxygens (including phenoxy) is 1. The third kappa shape index (κ3) is 3.74. The smallest absolute Gasteiger partial charge is 0.351 e. The molecule has 9 nitrogen and oxygen atoms in total. The summed E-state index contributed by atoms with van der Waals surface area (Å²) in [4.78, 5) is 38.7. The molecule has 1 N–H and O–H groups in total. The summed E-state index contributed by atoms with van der Waals surface area (Å²) in [5, 5.41) is 8.07. The topological polar surface area (TPSA) is 97.9 Å². The third-order valence-electron chi connectivity index (χ3n) is 5.43. The fourth-order valence-corrected chi connectivity index (χ4v) is 3.88. The van der Waals surface area contributed by atoms with E-state index < -0.39 is 0 Å². The van der Waals surface area contributed by atoms with E-state index in [4.69, 9.17) is 4.74 Å².